The fourth-order valence-electron chi connectivity index (χ4n) is 4.54. The van der Waals surface area contributed by atoms with Gasteiger partial charge in [0.25, 0.3) is 11.8 Å². The molecule has 0 bridgehead atoms. The van der Waals surface area contributed by atoms with Crippen LogP contribution in [0, 0.1) is 0 Å². The van der Waals surface area contributed by atoms with Gasteiger partial charge in [-0.2, -0.15) is 5.10 Å². The zero-order valence-corrected chi connectivity index (χ0v) is 22.8. The quantitative estimate of drug-likeness (QED) is 0.223. The number of hydrogen-bond donors (Lipinski definition) is 2. The Morgan fingerprint density at radius 3 is 2.08 bits per heavy atom. The monoisotopic (exact) mass is 540 g/mol. The molecule has 2 saturated carbocycles. The van der Waals surface area contributed by atoms with Crippen LogP contribution in [0.25, 0.3) is 0 Å². The highest BCUT2D eigenvalue weighted by molar-refractivity contribution is 6.13. The van der Waals surface area contributed by atoms with Gasteiger partial charge in [0, 0.05) is 30.3 Å². The minimum absolute atomic E-state index is 0.117. The highest BCUT2D eigenvalue weighted by Gasteiger charge is 2.27. The van der Waals surface area contributed by atoms with Crippen LogP contribution in [-0.2, 0) is 9.59 Å². The van der Waals surface area contributed by atoms with E-state index in [0.29, 0.717) is 17.5 Å². The second kappa shape index (κ2) is 11.7. The van der Waals surface area contributed by atoms with Crippen molar-refractivity contribution in [1.82, 2.24) is 15.7 Å². The maximum absolute atomic E-state index is 13.1. The van der Waals surface area contributed by atoms with E-state index in [9.17, 15) is 14.4 Å². The molecule has 1 heterocycles. The summed E-state index contributed by atoms with van der Waals surface area (Å²) < 4.78 is 10.4. The predicted molar refractivity (Wildman–Crippen MR) is 150 cm³/mol. The smallest absolute Gasteiger partial charge is 0.308 e. The van der Waals surface area contributed by atoms with Crippen molar-refractivity contribution in [3.8, 4) is 11.5 Å². The van der Waals surface area contributed by atoms with Crippen LogP contribution in [0.1, 0.15) is 84.1 Å². The first kappa shape index (κ1) is 27.1. The number of carbonyl (C=O) groups is 3. The van der Waals surface area contributed by atoms with E-state index >= 15 is 0 Å². The lowest BCUT2D eigenvalue weighted by Crippen LogP contribution is -2.44. The molecule has 40 heavy (non-hydrogen) atoms. The van der Waals surface area contributed by atoms with E-state index in [-0.39, 0.29) is 17.2 Å². The molecule has 0 radical (unpaired) electrons. The number of esters is 1. The van der Waals surface area contributed by atoms with Crippen molar-refractivity contribution in [2.24, 2.45) is 5.10 Å². The van der Waals surface area contributed by atoms with E-state index in [1.807, 2.05) is 24.3 Å². The van der Waals surface area contributed by atoms with E-state index in [1.165, 1.54) is 70.0 Å². The van der Waals surface area contributed by atoms with Gasteiger partial charge in [0.2, 0.25) is 5.75 Å². The van der Waals surface area contributed by atoms with Crippen molar-refractivity contribution in [3.05, 3.63) is 88.7 Å². The lowest BCUT2D eigenvalue weighted by atomic mass is 9.97. The van der Waals surface area contributed by atoms with E-state index in [4.69, 9.17) is 9.47 Å². The summed E-state index contributed by atoms with van der Waals surface area (Å²) in [4.78, 5) is 41.7. The number of hydrazone groups is 1. The third-order valence-electron chi connectivity index (χ3n) is 6.99. The average Bonchev–Trinajstić information content (AvgIpc) is 3.87. The van der Waals surface area contributed by atoms with E-state index in [1.54, 1.807) is 0 Å². The molecule has 1 atom stereocenters. The van der Waals surface area contributed by atoms with Crippen LogP contribution < -0.4 is 20.2 Å². The highest BCUT2D eigenvalue weighted by atomic mass is 16.6. The lowest BCUT2D eigenvalue weighted by molar-refractivity contribution is -0.132. The van der Waals surface area contributed by atoms with Crippen molar-refractivity contribution < 1.29 is 23.9 Å². The molecule has 3 aromatic rings. The Balaban J connectivity index is 1.36. The summed E-state index contributed by atoms with van der Waals surface area (Å²) in [6, 6.07) is 17.1. The van der Waals surface area contributed by atoms with Crippen LogP contribution in [0.2, 0.25) is 0 Å². The van der Waals surface area contributed by atoms with Gasteiger partial charge >= 0.3 is 5.97 Å². The summed E-state index contributed by atoms with van der Waals surface area (Å²) >= 11 is 0. The molecule has 1 aromatic heterocycles. The van der Waals surface area contributed by atoms with Gasteiger partial charge in [0.15, 0.2) is 11.4 Å². The number of methoxy groups -OCH3 is 1. The molecule has 9 heteroatoms. The Kier molecular flexibility index (Phi) is 7.91. The van der Waals surface area contributed by atoms with Crippen LogP contribution in [-0.4, -0.2) is 41.6 Å². The molecule has 2 aliphatic rings. The molecular formula is C31H32N4O5. The third kappa shape index (κ3) is 6.36. The van der Waals surface area contributed by atoms with Gasteiger partial charge in [-0.25, -0.2) is 10.4 Å². The summed E-state index contributed by atoms with van der Waals surface area (Å²) in [5.41, 5.74) is 7.49. The van der Waals surface area contributed by atoms with Crippen LogP contribution >= 0.6 is 0 Å². The molecule has 2 N–H and O–H groups in total. The van der Waals surface area contributed by atoms with Crippen molar-refractivity contribution >= 4 is 23.5 Å². The van der Waals surface area contributed by atoms with E-state index in [2.05, 4.69) is 45.1 Å². The van der Waals surface area contributed by atoms with Gasteiger partial charge in [0.1, 0.15) is 6.04 Å². The van der Waals surface area contributed by atoms with Crippen molar-refractivity contribution in [2.75, 3.05) is 7.11 Å². The minimum Gasteiger partial charge on any atom is -0.493 e. The molecule has 0 unspecified atom stereocenters. The normalized spacial score (nSPS) is 15.0. The SMILES string of the molecule is COc1ccnc(C(=O)N[C@@H](C)C(=O)NN=C(c2cccc(C3CC3)c2)c2cccc(C3CC3)c2)c1OC(C)=O. The Morgan fingerprint density at radius 2 is 1.55 bits per heavy atom. The molecule has 2 aromatic carbocycles. The minimum atomic E-state index is -0.966. The van der Waals surface area contributed by atoms with Gasteiger partial charge in [-0.15, -0.1) is 0 Å². The van der Waals surface area contributed by atoms with Gasteiger partial charge < -0.3 is 14.8 Å². The summed E-state index contributed by atoms with van der Waals surface area (Å²) in [6.45, 7) is 2.75. The first-order valence-electron chi connectivity index (χ1n) is 13.4. The third-order valence-corrected chi connectivity index (χ3v) is 6.99. The number of ether oxygens (including phenoxy) is 2. The molecule has 9 nitrogen and oxygen atoms in total. The number of pyridine rings is 1. The highest BCUT2D eigenvalue weighted by Crippen LogP contribution is 2.41. The zero-order valence-electron chi connectivity index (χ0n) is 22.8. The molecular weight excluding hydrogens is 508 g/mol. The number of carbonyl (C=O) groups excluding carboxylic acids is 3. The van der Waals surface area contributed by atoms with Crippen molar-refractivity contribution in [1.29, 1.82) is 0 Å². The second-order valence-corrected chi connectivity index (χ2v) is 10.2. The van der Waals surface area contributed by atoms with Gasteiger partial charge in [0.05, 0.1) is 12.8 Å². The summed E-state index contributed by atoms with van der Waals surface area (Å²) in [5.74, 6) is -0.644. The maximum atomic E-state index is 13.1. The van der Waals surface area contributed by atoms with Crippen LogP contribution in [0.3, 0.4) is 0 Å². The van der Waals surface area contributed by atoms with Gasteiger partial charge in [-0.3, -0.25) is 14.4 Å². The first-order chi connectivity index (χ1) is 19.3. The molecule has 2 fully saturated rings. The summed E-state index contributed by atoms with van der Waals surface area (Å²) in [7, 11) is 1.39. The molecule has 0 aliphatic heterocycles. The van der Waals surface area contributed by atoms with Crippen LogP contribution in [0.5, 0.6) is 11.5 Å². The molecule has 206 valence electrons. The Morgan fingerprint density at radius 1 is 0.950 bits per heavy atom. The largest absolute Gasteiger partial charge is 0.493 e. The predicted octanol–water partition coefficient (Wildman–Crippen LogP) is 4.46. The number of amides is 2. The van der Waals surface area contributed by atoms with Crippen molar-refractivity contribution in [3.63, 3.8) is 0 Å². The number of nitrogens with one attached hydrogen (secondary N) is 2. The van der Waals surface area contributed by atoms with E-state index < -0.39 is 23.8 Å². The van der Waals surface area contributed by atoms with Gasteiger partial charge in [-0.1, -0.05) is 36.4 Å². The van der Waals surface area contributed by atoms with Crippen LogP contribution in [0.4, 0.5) is 0 Å². The Hall–Kier alpha value is -4.53. The maximum Gasteiger partial charge on any atom is 0.308 e. The van der Waals surface area contributed by atoms with E-state index in [0.717, 1.165) is 11.1 Å². The number of rotatable bonds is 10. The topological polar surface area (TPSA) is 119 Å². The first-order valence-corrected chi connectivity index (χ1v) is 13.4. The standard InChI is InChI=1S/C31H32N4O5/c1-18(33-31(38)28-29(40-19(2)36)26(39-3)14-15-32-28)30(37)35-34-27(24-8-4-6-22(16-24)20-10-11-20)25-9-5-7-23(17-25)21-12-13-21/h4-9,14-18,20-21H,10-13H2,1-3H3,(H,33,38)(H,35,37)/t18-/m0/s1. The molecule has 5 rings (SSSR count). The number of nitrogens with zero attached hydrogens (tertiary/aromatic N) is 2. The number of benzene rings is 2. The fourth-order valence-corrected chi connectivity index (χ4v) is 4.54. The molecule has 2 aliphatic carbocycles. The molecule has 0 saturated heterocycles. The second-order valence-electron chi connectivity index (χ2n) is 10.2. The van der Waals surface area contributed by atoms with Gasteiger partial charge in [-0.05, 0) is 67.7 Å². The molecule has 2 amide bonds. The number of aromatic nitrogens is 1. The van der Waals surface area contributed by atoms with Crippen LogP contribution in [0.15, 0.2) is 65.9 Å². The Bertz CT molecular complexity index is 1420. The summed E-state index contributed by atoms with van der Waals surface area (Å²) in [6.07, 6.45) is 6.09. The Labute approximate surface area is 233 Å². The zero-order chi connectivity index (χ0) is 28.2. The number of hydrogen-bond acceptors (Lipinski definition) is 7. The fraction of sp³-hybridized carbons (Fsp3) is 0.323. The molecule has 0 spiro atoms. The summed E-state index contributed by atoms with van der Waals surface area (Å²) in [5, 5.41) is 7.15. The lowest BCUT2D eigenvalue weighted by Gasteiger charge is -2.16. The van der Waals surface area contributed by atoms with Crippen molar-refractivity contribution in [2.45, 2.75) is 57.4 Å². The average molecular weight is 541 g/mol.